The minimum Gasteiger partial charge on any atom is -0.466 e. The lowest BCUT2D eigenvalue weighted by Gasteiger charge is -2.09. The second-order valence-corrected chi connectivity index (χ2v) is 3.71. The van der Waals surface area contributed by atoms with Gasteiger partial charge in [-0.1, -0.05) is 19.4 Å². The summed E-state index contributed by atoms with van der Waals surface area (Å²) in [4.78, 5) is 23.1. The van der Waals surface area contributed by atoms with E-state index in [-0.39, 0.29) is 17.7 Å². The summed E-state index contributed by atoms with van der Waals surface area (Å²) >= 11 is 0. The van der Waals surface area contributed by atoms with E-state index in [4.69, 9.17) is 4.74 Å². The smallest absolute Gasteiger partial charge is 0.313 e. The fourth-order valence-electron chi connectivity index (χ4n) is 1.81. The second-order valence-electron chi connectivity index (χ2n) is 3.71. The molecule has 1 fully saturated rings. The van der Waals surface area contributed by atoms with Gasteiger partial charge in [-0.3, -0.25) is 9.59 Å². The van der Waals surface area contributed by atoms with Crippen LogP contribution in [0.1, 0.15) is 39.5 Å². The summed E-state index contributed by atoms with van der Waals surface area (Å²) in [5.41, 5.74) is 0.676. The predicted octanol–water partition coefficient (Wildman–Crippen LogP) is 2.26. The normalized spacial score (nSPS) is 23.5. The first-order chi connectivity index (χ1) is 7.20. The Hall–Kier alpha value is -1.12. The van der Waals surface area contributed by atoms with Gasteiger partial charge in [0.2, 0.25) is 0 Å². The highest BCUT2D eigenvalue weighted by atomic mass is 16.5. The van der Waals surface area contributed by atoms with Crippen molar-refractivity contribution in [2.45, 2.75) is 39.5 Å². The third-order valence-corrected chi connectivity index (χ3v) is 2.58. The molecular formula is C12H18O3. The molecule has 0 aromatic heterocycles. The summed E-state index contributed by atoms with van der Waals surface area (Å²) < 4.78 is 4.95. The van der Waals surface area contributed by atoms with Gasteiger partial charge in [0.1, 0.15) is 0 Å². The van der Waals surface area contributed by atoms with E-state index in [2.05, 4.69) is 6.92 Å². The number of rotatable bonds is 4. The molecule has 0 radical (unpaired) electrons. The highest BCUT2D eigenvalue weighted by molar-refractivity contribution is 6.03. The SMILES string of the molecule is CCC/C=C1/C(=O)CCC1C(=O)OCC. The van der Waals surface area contributed by atoms with Gasteiger partial charge in [-0.2, -0.15) is 0 Å². The first kappa shape index (κ1) is 12.0. The van der Waals surface area contributed by atoms with E-state index in [1.165, 1.54) is 0 Å². The summed E-state index contributed by atoms with van der Waals surface area (Å²) in [6.07, 6.45) is 4.85. The summed E-state index contributed by atoms with van der Waals surface area (Å²) in [5.74, 6) is -0.434. The van der Waals surface area contributed by atoms with Gasteiger partial charge >= 0.3 is 5.97 Å². The zero-order chi connectivity index (χ0) is 11.3. The maximum absolute atomic E-state index is 11.5. The van der Waals surface area contributed by atoms with E-state index in [9.17, 15) is 9.59 Å². The number of allylic oxidation sites excluding steroid dienone is 1. The molecule has 84 valence electrons. The van der Waals surface area contributed by atoms with Crippen molar-refractivity contribution in [1.29, 1.82) is 0 Å². The Morgan fingerprint density at radius 1 is 1.53 bits per heavy atom. The van der Waals surface area contributed by atoms with Crippen molar-refractivity contribution in [1.82, 2.24) is 0 Å². The van der Waals surface area contributed by atoms with Crippen LogP contribution in [0.5, 0.6) is 0 Å². The van der Waals surface area contributed by atoms with Crippen molar-refractivity contribution < 1.29 is 14.3 Å². The van der Waals surface area contributed by atoms with E-state index in [1.807, 2.05) is 6.08 Å². The molecule has 15 heavy (non-hydrogen) atoms. The summed E-state index contributed by atoms with van der Waals surface area (Å²) in [6, 6.07) is 0. The third kappa shape index (κ3) is 2.91. The molecule has 0 spiro atoms. The average molecular weight is 210 g/mol. The van der Waals surface area contributed by atoms with Crippen LogP contribution in [0.25, 0.3) is 0 Å². The number of Topliss-reactive ketones (excluding diaryl/α,β-unsaturated/α-hetero) is 1. The Morgan fingerprint density at radius 2 is 2.27 bits per heavy atom. The molecule has 0 amide bonds. The lowest BCUT2D eigenvalue weighted by atomic mass is 10.0. The lowest BCUT2D eigenvalue weighted by Crippen LogP contribution is -2.17. The van der Waals surface area contributed by atoms with Crippen LogP contribution < -0.4 is 0 Å². The molecule has 0 aliphatic heterocycles. The van der Waals surface area contributed by atoms with E-state index in [0.29, 0.717) is 25.0 Å². The number of hydrogen-bond donors (Lipinski definition) is 0. The third-order valence-electron chi connectivity index (χ3n) is 2.58. The summed E-state index contributed by atoms with van der Waals surface area (Å²) in [6.45, 7) is 4.21. The van der Waals surface area contributed by atoms with Crippen molar-refractivity contribution >= 4 is 11.8 Å². The van der Waals surface area contributed by atoms with Crippen molar-refractivity contribution in [3.63, 3.8) is 0 Å². The molecule has 3 nitrogen and oxygen atoms in total. The topological polar surface area (TPSA) is 43.4 Å². The van der Waals surface area contributed by atoms with Gasteiger partial charge in [-0.15, -0.1) is 0 Å². The molecule has 1 atom stereocenters. The second kappa shape index (κ2) is 5.69. The number of unbranched alkanes of at least 4 members (excludes halogenated alkanes) is 1. The van der Waals surface area contributed by atoms with Crippen molar-refractivity contribution in [2.75, 3.05) is 6.61 Å². The highest BCUT2D eigenvalue weighted by Gasteiger charge is 2.34. The van der Waals surface area contributed by atoms with E-state index >= 15 is 0 Å². The van der Waals surface area contributed by atoms with Crippen molar-refractivity contribution in [2.24, 2.45) is 5.92 Å². The monoisotopic (exact) mass is 210 g/mol. The molecule has 0 bridgehead atoms. The van der Waals surface area contributed by atoms with Gasteiger partial charge < -0.3 is 4.74 Å². The van der Waals surface area contributed by atoms with Gasteiger partial charge in [-0.05, 0) is 19.8 Å². The van der Waals surface area contributed by atoms with Crippen LogP contribution in [0, 0.1) is 5.92 Å². The highest BCUT2D eigenvalue weighted by Crippen LogP contribution is 2.29. The minimum atomic E-state index is -0.302. The summed E-state index contributed by atoms with van der Waals surface area (Å²) in [5, 5.41) is 0. The van der Waals surface area contributed by atoms with Crippen LogP contribution in [0.4, 0.5) is 0 Å². The van der Waals surface area contributed by atoms with Gasteiger partial charge in [-0.25, -0.2) is 0 Å². The number of carbonyl (C=O) groups is 2. The first-order valence-corrected chi connectivity index (χ1v) is 5.60. The lowest BCUT2D eigenvalue weighted by molar-refractivity contribution is -0.146. The fraction of sp³-hybridized carbons (Fsp3) is 0.667. The largest absolute Gasteiger partial charge is 0.466 e. The van der Waals surface area contributed by atoms with Gasteiger partial charge in [0, 0.05) is 12.0 Å². The first-order valence-electron chi connectivity index (χ1n) is 5.60. The average Bonchev–Trinajstić information content (AvgIpc) is 2.57. The molecule has 3 heteroatoms. The Labute approximate surface area is 90.5 Å². The Bertz CT molecular complexity index is 279. The predicted molar refractivity (Wildman–Crippen MR) is 57.4 cm³/mol. The van der Waals surface area contributed by atoms with Crippen LogP contribution in [0.2, 0.25) is 0 Å². The minimum absolute atomic E-state index is 0.113. The van der Waals surface area contributed by atoms with E-state index in [0.717, 1.165) is 12.8 Å². The van der Waals surface area contributed by atoms with Crippen LogP contribution >= 0.6 is 0 Å². The standard InChI is InChI=1S/C12H18O3/c1-3-5-6-9-10(7-8-11(9)13)12(14)15-4-2/h6,10H,3-5,7-8H2,1-2H3/b9-6+. The number of carbonyl (C=O) groups excluding carboxylic acids is 2. The molecule has 0 aromatic rings. The molecule has 0 saturated heterocycles. The molecule has 1 unspecified atom stereocenters. The van der Waals surface area contributed by atoms with Gasteiger partial charge in [0.25, 0.3) is 0 Å². The van der Waals surface area contributed by atoms with Crippen LogP contribution in [-0.2, 0) is 14.3 Å². The maximum Gasteiger partial charge on any atom is 0.313 e. The van der Waals surface area contributed by atoms with Crippen molar-refractivity contribution in [3.8, 4) is 0 Å². The van der Waals surface area contributed by atoms with Crippen molar-refractivity contribution in [3.05, 3.63) is 11.6 Å². The summed E-state index contributed by atoms with van der Waals surface area (Å²) in [7, 11) is 0. The number of esters is 1. The molecule has 1 aliphatic rings. The molecule has 1 aliphatic carbocycles. The number of hydrogen-bond acceptors (Lipinski definition) is 3. The number of ketones is 1. The maximum atomic E-state index is 11.5. The van der Waals surface area contributed by atoms with Crippen LogP contribution in [-0.4, -0.2) is 18.4 Å². The Balaban J connectivity index is 2.71. The zero-order valence-corrected chi connectivity index (χ0v) is 9.41. The Morgan fingerprint density at radius 3 is 2.87 bits per heavy atom. The molecule has 0 N–H and O–H groups in total. The van der Waals surface area contributed by atoms with E-state index < -0.39 is 0 Å². The molecule has 0 aromatic carbocycles. The van der Waals surface area contributed by atoms with Gasteiger partial charge in [0.05, 0.1) is 12.5 Å². The molecular weight excluding hydrogens is 192 g/mol. The van der Waals surface area contributed by atoms with E-state index in [1.54, 1.807) is 6.92 Å². The molecule has 1 saturated carbocycles. The molecule has 0 heterocycles. The van der Waals surface area contributed by atoms with Crippen LogP contribution in [0.3, 0.4) is 0 Å². The number of ether oxygens (including phenoxy) is 1. The van der Waals surface area contributed by atoms with Crippen LogP contribution in [0.15, 0.2) is 11.6 Å². The zero-order valence-electron chi connectivity index (χ0n) is 9.41. The Kier molecular flexibility index (Phi) is 4.53. The fourth-order valence-corrected chi connectivity index (χ4v) is 1.81. The van der Waals surface area contributed by atoms with Gasteiger partial charge in [0.15, 0.2) is 5.78 Å². The quantitative estimate of drug-likeness (QED) is 0.528. The molecule has 1 rings (SSSR count).